The summed E-state index contributed by atoms with van der Waals surface area (Å²) >= 11 is 0. The van der Waals surface area contributed by atoms with Crippen molar-refractivity contribution in [2.45, 2.75) is 19.3 Å². The average molecular weight is 216 g/mol. The van der Waals surface area contributed by atoms with Crippen LogP contribution in [0.2, 0.25) is 0 Å². The SMILES string of the molecule is Pn1c2c(c3cccnc31)=CCCCC=2. The molecule has 0 fully saturated rings. The van der Waals surface area contributed by atoms with Crippen LogP contribution < -0.4 is 10.6 Å². The zero-order valence-corrected chi connectivity index (χ0v) is 9.63. The van der Waals surface area contributed by atoms with Crippen LogP contribution in [0.25, 0.3) is 23.2 Å². The maximum absolute atomic E-state index is 4.42. The molecule has 0 aromatic carbocycles. The lowest BCUT2D eigenvalue weighted by atomic mass is 10.2. The number of hydrogen-bond donors (Lipinski definition) is 0. The molecular weight excluding hydrogens is 203 g/mol. The molecule has 15 heavy (non-hydrogen) atoms. The molecule has 1 aliphatic carbocycles. The van der Waals surface area contributed by atoms with Gasteiger partial charge >= 0.3 is 0 Å². The van der Waals surface area contributed by atoms with Crippen LogP contribution in [-0.2, 0) is 0 Å². The number of nitrogens with zero attached hydrogens (tertiary/aromatic N) is 2. The Balaban J connectivity index is 2.59. The second-order valence-electron chi connectivity index (χ2n) is 3.88. The molecule has 2 heterocycles. The van der Waals surface area contributed by atoms with E-state index in [2.05, 4.69) is 36.9 Å². The summed E-state index contributed by atoms with van der Waals surface area (Å²) in [5.41, 5.74) is 1.06. The van der Waals surface area contributed by atoms with Gasteiger partial charge in [0.05, 0.1) is 0 Å². The molecule has 0 bridgehead atoms. The second-order valence-corrected chi connectivity index (χ2v) is 4.40. The van der Waals surface area contributed by atoms with Crippen molar-refractivity contribution in [3.05, 3.63) is 28.9 Å². The van der Waals surface area contributed by atoms with Gasteiger partial charge < -0.3 is 4.34 Å². The van der Waals surface area contributed by atoms with E-state index in [9.17, 15) is 0 Å². The van der Waals surface area contributed by atoms with Crippen molar-refractivity contribution in [3.63, 3.8) is 0 Å². The van der Waals surface area contributed by atoms with Gasteiger partial charge in [0.25, 0.3) is 0 Å². The Morgan fingerprint density at radius 1 is 1.27 bits per heavy atom. The minimum atomic E-state index is 1.06. The number of rotatable bonds is 0. The zero-order valence-electron chi connectivity index (χ0n) is 8.48. The highest BCUT2D eigenvalue weighted by atomic mass is 31.0. The highest BCUT2D eigenvalue weighted by molar-refractivity contribution is 7.14. The molecule has 2 aromatic rings. The van der Waals surface area contributed by atoms with Gasteiger partial charge in [-0.2, -0.15) is 0 Å². The Kier molecular flexibility index (Phi) is 2.10. The van der Waals surface area contributed by atoms with Gasteiger partial charge in [-0.15, -0.1) is 0 Å². The third-order valence-corrected chi connectivity index (χ3v) is 3.46. The predicted molar refractivity (Wildman–Crippen MR) is 66.9 cm³/mol. The van der Waals surface area contributed by atoms with E-state index in [1.807, 2.05) is 12.3 Å². The molecule has 3 rings (SSSR count). The van der Waals surface area contributed by atoms with Gasteiger partial charge in [0.1, 0.15) is 5.65 Å². The predicted octanol–water partition coefficient (Wildman–Crippen LogP) is 1.42. The van der Waals surface area contributed by atoms with Crippen molar-refractivity contribution in [3.8, 4) is 0 Å². The van der Waals surface area contributed by atoms with Gasteiger partial charge in [-0.3, -0.25) is 0 Å². The third-order valence-electron chi connectivity index (χ3n) is 2.93. The van der Waals surface area contributed by atoms with E-state index in [-0.39, 0.29) is 0 Å². The van der Waals surface area contributed by atoms with Crippen LogP contribution in [0, 0.1) is 0 Å². The molecule has 0 aliphatic heterocycles. The Morgan fingerprint density at radius 3 is 3.07 bits per heavy atom. The molecule has 0 amide bonds. The van der Waals surface area contributed by atoms with Crippen LogP contribution >= 0.6 is 9.39 Å². The van der Waals surface area contributed by atoms with Crippen molar-refractivity contribution in [2.24, 2.45) is 0 Å². The highest BCUT2D eigenvalue weighted by Gasteiger charge is 2.05. The molecule has 2 aromatic heterocycles. The fourth-order valence-corrected chi connectivity index (χ4v) is 2.66. The van der Waals surface area contributed by atoms with Gasteiger partial charge in [-0.1, -0.05) is 12.2 Å². The molecular formula is C12H13N2P. The van der Waals surface area contributed by atoms with Crippen molar-refractivity contribution >= 4 is 32.6 Å². The average Bonchev–Trinajstić information content (AvgIpc) is 2.48. The molecule has 1 atom stereocenters. The quantitative estimate of drug-likeness (QED) is 0.609. The van der Waals surface area contributed by atoms with E-state index in [0.29, 0.717) is 0 Å². The summed E-state index contributed by atoms with van der Waals surface area (Å²) in [6, 6.07) is 4.16. The highest BCUT2D eigenvalue weighted by Crippen LogP contribution is 2.09. The zero-order chi connectivity index (χ0) is 10.3. The van der Waals surface area contributed by atoms with Crippen molar-refractivity contribution in [1.82, 2.24) is 9.32 Å². The molecule has 0 N–H and O–H groups in total. The monoisotopic (exact) mass is 216 g/mol. The normalized spacial score (nSPS) is 15.3. The summed E-state index contributed by atoms with van der Waals surface area (Å²) in [6.45, 7) is 0. The molecule has 3 heteroatoms. The van der Waals surface area contributed by atoms with E-state index >= 15 is 0 Å². The first-order chi connectivity index (χ1) is 7.38. The Hall–Kier alpha value is -1.14. The van der Waals surface area contributed by atoms with Crippen molar-refractivity contribution in [1.29, 1.82) is 0 Å². The Bertz CT molecular complexity index is 625. The number of hydrogen-bond acceptors (Lipinski definition) is 1. The number of aromatic nitrogens is 2. The van der Waals surface area contributed by atoms with Crippen LogP contribution in [-0.4, -0.2) is 9.32 Å². The maximum atomic E-state index is 4.42. The Morgan fingerprint density at radius 2 is 2.13 bits per heavy atom. The van der Waals surface area contributed by atoms with E-state index in [1.165, 1.54) is 28.8 Å². The first-order valence-electron chi connectivity index (χ1n) is 5.29. The lowest BCUT2D eigenvalue weighted by Crippen LogP contribution is -2.24. The lowest BCUT2D eigenvalue weighted by Gasteiger charge is -1.94. The molecule has 0 spiro atoms. The third kappa shape index (κ3) is 1.32. The van der Waals surface area contributed by atoms with Gasteiger partial charge in [-0.25, -0.2) is 4.98 Å². The molecule has 0 radical (unpaired) electrons. The van der Waals surface area contributed by atoms with Crippen LogP contribution in [0.1, 0.15) is 19.3 Å². The number of fused-ring (bicyclic) bond motifs is 3. The molecule has 76 valence electrons. The van der Waals surface area contributed by atoms with Crippen LogP contribution in [0.3, 0.4) is 0 Å². The summed E-state index contributed by atoms with van der Waals surface area (Å²) in [4.78, 5) is 4.42. The van der Waals surface area contributed by atoms with E-state index < -0.39 is 0 Å². The number of pyridine rings is 1. The largest absolute Gasteiger partial charge is 0.310 e. The van der Waals surface area contributed by atoms with E-state index in [0.717, 1.165) is 12.1 Å². The topological polar surface area (TPSA) is 17.8 Å². The minimum Gasteiger partial charge on any atom is -0.310 e. The smallest absolute Gasteiger partial charge is 0.143 e. The molecule has 1 unspecified atom stereocenters. The fourth-order valence-electron chi connectivity index (χ4n) is 2.21. The fraction of sp³-hybridized carbons (Fsp3) is 0.250. The molecule has 0 saturated heterocycles. The van der Waals surface area contributed by atoms with E-state index in [1.54, 1.807) is 0 Å². The standard InChI is InChI=1S/C12H13N2P/c15-14-11-7-3-1-2-5-9(11)10-6-4-8-13-12(10)14/h4-8H,1-3,15H2. The van der Waals surface area contributed by atoms with Crippen molar-refractivity contribution < 1.29 is 0 Å². The minimum absolute atomic E-state index is 1.06. The summed E-state index contributed by atoms with van der Waals surface area (Å²) in [5, 5.41) is 3.91. The maximum Gasteiger partial charge on any atom is 0.143 e. The first-order valence-corrected chi connectivity index (χ1v) is 5.80. The molecule has 2 nitrogen and oxygen atoms in total. The van der Waals surface area contributed by atoms with E-state index in [4.69, 9.17) is 0 Å². The molecule has 1 aliphatic rings. The summed E-state index contributed by atoms with van der Waals surface area (Å²) < 4.78 is 2.12. The van der Waals surface area contributed by atoms with Crippen LogP contribution in [0.5, 0.6) is 0 Å². The Labute approximate surface area is 90.6 Å². The summed E-state index contributed by atoms with van der Waals surface area (Å²) in [6.07, 6.45) is 10.1. The summed E-state index contributed by atoms with van der Waals surface area (Å²) in [5.74, 6) is 0. The lowest BCUT2D eigenvalue weighted by molar-refractivity contribution is 0.923. The van der Waals surface area contributed by atoms with Crippen LogP contribution in [0.15, 0.2) is 18.3 Å². The van der Waals surface area contributed by atoms with Gasteiger partial charge in [0.15, 0.2) is 0 Å². The molecule has 0 saturated carbocycles. The first kappa shape index (κ1) is 9.11. The van der Waals surface area contributed by atoms with Crippen LogP contribution in [0.4, 0.5) is 0 Å². The van der Waals surface area contributed by atoms with Crippen molar-refractivity contribution in [2.75, 3.05) is 0 Å². The van der Waals surface area contributed by atoms with Gasteiger partial charge in [0, 0.05) is 22.2 Å². The van der Waals surface area contributed by atoms with Gasteiger partial charge in [0.2, 0.25) is 0 Å². The van der Waals surface area contributed by atoms with Gasteiger partial charge in [-0.05, 0) is 40.8 Å². The second kappa shape index (κ2) is 3.46. The summed E-state index contributed by atoms with van der Waals surface area (Å²) in [7, 11) is 2.76.